The molecule has 0 radical (unpaired) electrons. The average Bonchev–Trinajstić information content (AvgIpc) is 2.49. The molecule has 0 aromatic heterocycles. The first-order valence-corrected chi connectivity index (χ1v) is 8.40. The molecule has 1 unspecified atom stereocenters. The Balaban J connectivity index is 2.48. The Morgan fingerprint density at radius 2 is 1.58 bits per heavy atom. The summed E-state index contributed by atoms with van der Waals surface area (Å²) in [5, 5.41) is 0. The van der Waals surface area contributed by atoms with E-state index in [2.05, 4.69) is 0 Å². The van der Waals surface area contributed by atoms with E-state index in [4.69, 9.17) is 14.2 Å². The molecule has 134 valence electrons. The predicted molar refractivity (Wildman–Crippen MR) is 91.3 cm³/mol. The van der Waals surface area contributed by atoms with E-state index in [1.54, 1.807) is 27.7 Å². The van der Waals surface area contributed by atoms with Crippen LogP contribution in [0.2, 0.25) is 0 Å². The van der Waals surface area contributed by atoms with E-state index in [0.29, 0.717) is 19.6 Å². The van der Waals surface area contributed by atoms with Crippen LogP contribution in [0.3, 0.4) is 0 Å². The molecule has 0 aliphatic rings. The summed E-state index contributed by atoms with van der Waals surface area (Å²) in [4.78, 5) is 24.0. The second-order valence-electron chi connectivity index (χ2n) is 6.25. The van der Waals surface area contributed by atoms with Crippen LogP contribution in [0.1, 0.15) is 46.1 Å². The Labute approximate surface area is 144 Å². The van der Waals surface area contributed by atoms with Crippen molar-refractivity contribution in [2.75, 3.05) is 6.61 Å². The lowest BCUT2D eigenvalue weighted by atomic mass is 10.0. The van der Waals surface area contributed by atoms with Crippen LogP contribution in [-0.4, -0.2) is 30.8 Å². The zero-order valence-corrected chi connectivity index (χ0v) is 15.0. The molecule has 1 aromatic carbocycles. The quantitative estimate of drug-likeness (QED) is 0.483. The minimum Gasteiger partial charge on any atom is -0.463 e. The maximum Gasteiger partial charge on any atom is 0.309 e. The van der Waals surface area contributed by atoms with Crippen molar-refractivity contribution in [3.8, 4) is 0 Å². The van der Waals surface area contributed by atoms with Gasteiger partial charge in [0.15, 0.2) is 0 Å². The topological polar surface area (TPSA) is 61.8 Å². The van der Waals surface area contributed by atoms with E-state index in [0.717, 1.165) is 5.56 Å². The zero-order valence-electron chi connectivity index (χ0n) is 15.0. The van der Waals surface area contributed by atoms with E-state index in [1.807, 2.05) is 30.3 Å². The summed E-state index contributed by atoms with van der Waals surface area (Å²) in [6.07, 6.45) is 0.0178. The molecule has 0 N–H and O–H groups in total. The molecule has 0 aliphatic heterocycles. The van der Waals surface area contributed by atoms with E-state index >= 15 is 0 Å². The summed E-state index contributed by atoms with van der Waals surface area (Å²) in [5.41, 5.74) is 1.07. The highest BCUT2D eigenvalue weighted by atomic mass is 16.5. The second kappa shape index (κ2) is 10.8. The number of benzene rings is 1. The molecule has 5 nitrogen and oxygen atoms in total. The van der Waals surface area contributed by atoms with E-state index in [-0.39, 0.29) is 24.6 Å². The third kappa shape index (κ3) is 8.67. The molecule has 0 saturated heterocycles. The third-order valence-electron chi connectivity index (χ3n) is 3.19. The van der Waals surface area contributed by atoms with Gasteiger partial charge in [-0.25, -0.2) is 0 Å². The smallest absolute Gasteiger partial charge is 0.309 e. The lowest BCUT2D eigenvalue weighted by Crippen LogP contribution is -2.26. The fraction of sp³-hybridized carbons (Fsp3) is 0.579. The molecule has 0 bridgehead atoms. The summed E-state index contributed by atoms with van der Waals surface area (Å²) in [6, 6.07) is 9.80. The summed E-state index contributed by atoms with van der Waals surface area (Å²) in [7, 11) is 0. The van der Waals surface area contributed by atoms with E-state index in [9.17, 15) is 9.59 Å². The van der Waals surface area contributed by atoms with Crippen LogP contribution in [0.15, 0.2) is 30.3 Å². The monoisotopic (exact) mass is 336 g/mol. The van der Waals surface area contributed by atoms with Crippen molar-refractivity contribution in [1.29, 1.82) is 0 Å². The molecule has 1 aromatic rings. The van der Waals surface area contributed by atoms with Crippen molar-refractivity contribution in [1.82, 2.24) is 0 Å². The van der Waals surface area contributed by atoms with Gasteiger partial charge in [-0.05, 0) is 39.7 Å². The maximum absolute atomic E-state index is 12.2. The summed E-state index contributed by atoms with van der Waals surface area (Å²) < 4.78 is 16.0. The zero-order chi connectivity index (χ0) is 17.9. The van der Waals surface area contributed by atoms with Crippen molar-refractivity contribution in [2.45, 2.75) is 59.4 Å². The number of ether oxygens (including phenoxy) is 3. The highest BCUT2D eigenvalue weighted by molar-refractivity contribution is 5.80. The van der Waals surface area contributed by atoms with Crippen LogP contribution in [0.5, 0.6) is 0 Å². The van der Waals surface area contributed by atoms with Gasteiger partial charge in [-0.1, -0.05) is 30.3 Å². The van der Waals surface area contributed by atoms with Crippen molar-refractivity contribution >= 4 is 11.9 Å². The van der Waals surface area contributed by atoms with Gasteiger partial charge in [-0.2, -0.15) is 0 Å². The third-order valence-corrected chi connectivity index (χ3v) is 3.19. The predicted octanol–water partition coefficient (Wildman–Crippen LogP) is 3.50. The number of carbonyl (C=O) groups excluding carboxylic acids is 2. The Morgan fingerprint density at radius 1 is 0.958 bits per heavy atom. The number of hydrogen-bond acceptors (Lipinski definition) is 5. The van der Waals surface area contributed by atoms with Crippen LogP contribution in [0.25, 0.3) is 0 Å². The Hall–Kier alpha value is -1.88. The fourth-order valence-corrected chi connectivity index (χ4v) is 2.13. The highest BCUT2D eigenvalue weighted by Crippen LogP contribution is 2.15. The molecule has 24 heavy (non-hydrogen) atoms. The molecule has 0 heterocycles. The molecule has 0 fully saturated rings. The van der Waals surface area contributed by atoms with Crippen LogP contribution in [0.4, 0.5) is 0 Å². The van der Waals surface area contributed by atoms with Crippen LogP contribution in [-0.2, 0) is 30.4 Å². The Morgan fingerprint density at radius 3 is 2.17 bits per heavy atom. The highest BCUT2D eigenvalue weighted by Gasteiger charge is 2.25. The lowest BCUT2D eigenvalue weighted by Gasteiger charge is -2.18. The molecule has 0 amide bonds. The normalized spacial score (nSPS) is 12.2. The van der Waals surface area contributed by atoms with Crippen molar-refractivity contribution in [3.63, 3.8) is 0 Å². The van der Waals surface area contributed by atoms with Gasteiger partial charge in [-0.15, -0.1) is 0 Å². The van der Waals surface area contributed by atoms with Gasteiger partial charge in [0.2, 0.25) is 0 Å². The Kier molecular flexibility index (Phi) is 9.08. The number of rotatable bonds is 10. The van der Waals surface area contributed by atoms with E-state index in [1.165, 1.54) is 0 Å². The molecule has 1 rings (SSSR count). The molecular formula is C19H28O5. The van der Waals surface area contributed by atoms with Crippen molar-refractivity contribution < 1.29 is 23.8 Å². The maximum atomic E-state index is 12.2. The Bertz CT molecular complexity index is 496. The van der Waals surface area contributed by atoms with E-state index < -0.39 is 11.9 Å². The molecule has 0 spiro atoms. The number of hydrogen-bond donors (Lipinski definition) is 0. The number of carbonyl (C=O) groups is 2. The van der Waals surface area contributed by atoms with Crippen LogP contribution < -0.4 is 0 Å². The minimum atomic E-state index is -0.547. The largest absolute Gasteiger partial charge is 0.463 e. The average molecular weight is 336 g/mol. The van der Waals surface area contributed by atoms with Crippen LogP contribution >= 0.6 is 0 Å². The lowest BCUT2D eigenvalue weighted by molar-refractivity contribution is -0.160. The van der Waals surface area contributed by atoms with Gasteiger partial charge in [0.05, 0.1) is 31.2 Å². The molecular weight excluding hydrogens is 308 g/mol. The summed E-state index contributed by atoms with van der Waals surface area (Å²) >= 11 is 0. The minimum absolute atomic E-state index is 0.0123. The summed E-state index contributed by atoms with van der Waals surface area (Å²) in [6.45, 7) is 7.98. The number of esters is 2. The van der Waals surface area contributed by atoms with Gasteiger partial charge in [0, 0.05) is 6.61 Å². The van der Waals surface area contributed by atoms with Crippen molar-refractivity contribution in [2.24, 2.45) is 5.92 Å². The summed E-state index contributed by atoms with van der Waals surface area (Å²) in [5.74, 6) is -1.32. The molecule has 1 atom stereocenters. The first-order valence-electron chi connectivity index (χ1n) is 8.40. The van der Waals surface area contributed by atoms with Gasteiger partial charge < -0.3 is 14.2 Å². The van der Waals surface area contributed by atoms with Crippen molar-refractivity contribution in [3.05, 3.63) is 35.9 Å². The van der Waals surface area contributed by atoms with Gasteiger partial charge in [0.25, 0.3) is 0 Å². The first-order chi connectivity index (χ1) is 11.4. The van der Waals surface area contributed by atoms with Gasteiger partial charge in [0.1, 0.15) is 0 Å². The first kappa shape index (κ1) is 20.2. The molecule has 0 aliphatic carbocycles. The van der Waals surface area contributed by atoms with Gasteiger partial charge in [-0.3, -0.25) is 9.59 Å². The van der Waals surface area contributed by atoms with Crippen LogP contribution in [0, 0.1) is 5.92 Å². The molecule has 5 heteroatoms. The van der Waals surface area contributed by atoms with Gasteiger partial charge >= 0.3 is 11.9 Å². The fourth-order valence-electron chi connectivity index (χ4n) is 2.13. The standard InChI is InChI=1S/C19H28O5/c1-14(2)23-18(20)12-17(19(21)24-15(3)4)10-11-22-13-16-8-6-5-7-9-16/h5-9,14-15,17H,10-13H2,1-4H3. The molecule has 0 saturated carbocycles. The second-order valence-corrected chi connectivity index (χ2v) is 6.25. The SMILES string of the molecule is CC(C)OC(=O)CC(CCOCc1ccccc1)C(=O)OC(C)C.